The third-order valence-electron chi connectivity index (χ3n) is 4.36. The van der Waals surface area contributed by atoms with Gasteiger partial charge in [-0.3, -0.25) is 9.59 Å². The summed E-state index contributed by atoms with van der Waals surface area (Å²) in [6.07, 6.45) is 4.52. The molecule has 0 heterocycles. The molecule has 1 aromatic carbocycles. The molecule has 2 N–H and O–H groups in total. The van der Waals surface area contributed by atoms with Crippen LogP contribution in [0.4, 0.5) is 5.69 Å². The van der Waals surface area contributed by atoms with Crippen LogP contribution in [0.15, 0.2) is 24.3 Å². The fraction of sp³-hybridized carbons (Fsp3) is 0.471. The van der Waals surface area contributed by atoms with Crippen LogP contribution in [0.25, 0.3) is 0 Å². The lowest BCUT2D eigenvalue weighted by atomic mass is 9.77. The Morgan fingerprint density at radius 3 is 2.26 bits per heavy atom. The first kappa shape index (κ1) is 17.0. The Balaban J connectivity index is 1.88. The fourth-order valence-electron chi connectivity index (χ4n) is 3.04. The van der Waals surface area contributed by atoms with Crippen LogP contribution in [0.5, 0.6) is 0 Å². The largest absolute Gasteiger partial charge is 0.474 e. The van der Waals surface area contributed by atoms with Crippen molar-refractivity contribution >= 4 is 23.5 Å². The first-order chi connectivity index (χ1) is 11.0. The highest BCUT2D eigenvalue weighted by Crippen LogP contribution is 2.37. The number of ether oxygens (including phenoxy) is 1. The summed E-state index contributed by atoms with van der Waals surface area (Å²) < 4.78 is 4.71. The lowest BCUT2D eigenvalue weighted by Crippen LogP contribution is -2.21. The van der Waals surface area contributed by atoms with Gasteiger partial charge >= 0.3 is 17.8 Å². The van der Waals surface area contributed by atoms with Crippen molar-refractivity contribution < 1.29 is 24.2 Å². The van der Waals surface area contributed by atoms with E-state index in [9.17, 15) is 14.4 Å². The average molecular weight is 319 g/mol. The van der Waals surface area contributed by atoms with Crippen LogP contribution in [0.2, 0.25) is 0 Å². The van der Waals surface area contributed by atoms with Crippen molar-refractivity contribution in [1.29, 1.82) is 0 Å². The van der Waals surface area contributed by atoms with Crippen LogP contribution in [0.3, 0.4) is 0 Å². The summed E-state index contributed by atoms with van der Waals surface area (Å²) >= 11 is 0. The van der Waals surface area contributed by atoms with Crippen molar-refractivity contribution in [3.05, 3.63) is 29.8 Å². The van der Waals surface area contributed by atoms with Gasteiger partial charge in [-0.2, -0.15) is 0 Å². The van der Waals surface area contributed by atoms with Gasteiger partial charge in [-0.05, 0) is 55.2 Å². The molecular formula is C17H21NO5. The number of esters is 1. The second-order valence-electron chi connectivity index (χ2n) is 5.88. The van der Waals surface area contributed by atoms with Gasteiger partial charge in [0.15, 0.2) is 0 Å². The van der Waals surface area contributed by atoms with E-state index in [0.717, 1.165) is 25.7 Å². The van der Waals surface area contributed by atoms with Crippen molar-refractivity contribution in [2.45, 2.75) is 38.0 Å². The molecule has 1 aliphatic carbocycles. The maximum absolute atomic E-state index is 11.3. The maximum Gasteiger partial charge on any atom is 0.394 e. The topological polar surface area (TPSA) is 92.7 Å². The van der Waals surface area contributed by atoms with E-state index in [2.05, 4.69) is 5.32 Å². The molecule has 0 spiro atoms. The molecule has 2 rings (SSSR count). The molecule has 124 valence electrons. The highest BCUT2D eigenvalue weighted by Gasteiger charge is 2.24. The third-order valence-corrected chi connectivity index (χ3v) is 4.36. The molecule has 1 aliphatic rings. The van der Waals surface area contributed by atoms with Crippen LogP contribution in [-0.4, -0.2) is 30.1 Å². The highest BCUT2D eigenvalue weighted by atomic mass is 16.5. The van der Waals surface area contributed by atoms with Crippen molar-refractivity contribution in [1.82, 2.24) is 0 Å². The number of carboxylic acid groups (broad SMARTS) is 1. The normalized spacial score (nSPS) is 20.6. The minimum atomic E-state index is -1.50. The van der Waals surface area contributed by atoms with Gasteiger partial charge < -0.3 is 15.2 Å². The van der Waals surface area contributed by atoms with Gasteiger partial charge in [-0.25, -0.2) is 4.79 Å². The van der Waals surface area contributed by atoms with Crippen LogP contribution in [0, 0.1) is 5.92 Å². The van der Waals surface area contributed by atoms with E-state index >= 15 is 0 Å². The van der Waals surface area contributed by atoms with E-state index in [-0.39, 0.29) is 5.97 Å². The summed E-state index contributed by atoms with van der Waals surface area (Å²) in [5, 5.41) is 10.9. The summed E-state index contributed by atoms with van der Waals surface area (Å²) in [7, 11) is 1.42. The molecule has 0 aromatic heterocycles. The Kier molecular flexibility index (Phi) is 5.73. The molecule has 0 aliphatic heterocycles. The minimum absolute atomic E-state index is 0.146. The molecule has 23 heavy (non-hydrogen) atoms. The van der Waals surface area contributed by atoms with Crippen molar-refractivity contribution in [3.63, 3.8) is 0 Å². The fourth-order valence-corrected chi connectivity index (χ4v) is 3.04. The van der Waals surface area contributed by atoms with Crippen LogP contribution in [0.1, 0.15) is 43.6 Å². The van der Waals surface area contributed by atoms with Gasteiger partial charge in [0.25, 0.3) is 0 Å². The van der Waals surface area contributed by atoms with E-state index in [1.807, 2.05) is 12.1 Å². The number of amides is 1. The van der Waals surface area contributed by atoms with E-state index in [4.69, 9.17) is 9.84 Å². The van der Waals surface area contributed by atoms with Gasteiger partial charge in [-0.1, -0.05) is 12.1 Å². The van der Waals surface area contributed by atoms with E-state index in [1.165, 1.54) is 12.7 Å². The Hall–Kier alpha value is -2.37. The van der Waals surface area contributed by atoms with Crippen molar-refractivity contribution in [2.75, 3.05) is 12.4 Å². The number of aliphatic carboxylic acids is 1. The standard InChI is InChI=1S/C17H21NO5/c1-23-15(19)10-11-2-4-12(5-3-11)13-6-8-14(9-7-13)18-16(20)17(21)22/h6-9,11-12H,2-5,10H2,1H3,(H,18,20)(H,21,22)/t11-,12-. The zero-order valence-corrected chi connectivity index (χ0v) is 13.1. The summed E-state index contributed by atoms with van der Waals surface area (Å²) in [5.74, 6) is -1.85. The molecule has 0 bridgehead atoms. The Morgan fingerprint density at radius 2 is 1.74 bits per heavy atom. The molecule has 0 atom stereocenters. The zero-order chi connectivity index (χ0) is 16.8. The van der Waals surface area contributed by atoms with Crippen molar-refractivity contribution in [3.8, 4) is 0 Å². The summed E-state index contributed by atoms with van der Waals surface area (Å²) in [6.45, 7) is 0. The average Bonchev–Trinajstić information content (AvgIpc) is 2.56. The SMILES string of the molecule is COC(=O)C[C@H]1CC[C@H](c2ccc(NC(=O)C(=O)O)cc2)CC1. The number of carbonyl (C=O) groups excluding carboxylic acids is 2. The molecule has 0 saturated heterocycles. The van der Waals surface area contributed by atoms with Gasteiger partial charge in [0, 0.05) is 12.1 Å². The molecule has 1 aromatic rings. The molecule has 1 fully saturated rings. The number of hydrogen-bond acceptors (Lipinski definition) is 4. The van der Waals surface area contributed by atoms with E-state index in [0.29, 0.717) is 23.9 Å². The molecule has 6 nitrogen and oxygen atoms in total. The quantitative estimate of drug-likeness (QED) is 0.657. The molecule has 1 saturated carbocycles. The highest BCUT2D eigenvalue weighted by molar-refractivity contribution is 6.36. The zero-order valence-electron chi connectivity index (χ0n) is 13.1. The predicted molar refractivity (Wildman–Crippen MR) is 84.0 cm³/mol. The second-order valence-corrected chi connectivity index (χ2v) is 5.88. The third kappa shape index (κ3) is 4.81. The van der Waals surface area contributed by atoms with E-state index < -0.39 is 11.9 Å². The molecule has 0 unspecified atom stereocenters. The number of methoxy groups -OCH3 is 1. The maximum atomic E-state index is 11.3. The number of rotatable bonds is 4. The van der Waals surface area contributed by atoms with Gasteiger partial charge in [0.2, 0.25) is 0 Å². The molecular weight excluding hydrogens is 298 g/mol. The lowest BCUT2D eigenvalue weighted by Gasteiger charge is -2.28. The van der Waals surface area contributed by atoms with Gasteiger partial charge in [-0.15, -0.1) is 0 Å². The Labute approximate surface area is 134 Å². The monoisotopic (exact) mass is 319 g/mol. The number of nitrogens with one attached hydrogen (secondary N) is 1. The number of carboxylic acids is 1. The minimum Gasteiger partial charge on any atom is -0.474 e. The van der Waals surface area contributed by atoms with Crippen LogP contribution in [-0.2, 0) is 19.1 Å². The Morgan fingerprint density at radius 1 is 1.13 bits per heavy atom. The van der Waals surface area contributed by atoms with Gasteiger partial charge in [0.05, 0.1) is 7.11 Å². The second kappa shape index (κ2) is 7.76. The molecule has 1 amide bonds. The Bertz CT molecular complexity index is 573. The first-order valence-corrected chi connectivity index (χ1v) is 7.70. The summed E-state index contributed by atoms with van der Waals surface area (Å²) in [5.41, 5.74) is 1.65. The lowest BCUT2D eigenvalue weighted by molar-refractivity contribution is -0.147. The van der Waals surface area contributed by atoms with Crippen molar-refractivity contribution in [2.24, 2.45) is 5.92 Å². The summed E-state index contributed by atoms with van der Waals surface area (Å²) in [4.78, 5) is 32.9. The molecule has 0 radical (unpaired) electrons. The number of anilines is 1. The number of hydrogen-bond donors (Lipinski definition) is 2. The predicted octanol–water partition coefficient (Wildman–Crippen LogP) is 2.55. The van der Waals surface area contributed by atoms with Gasteiger partial charge in [0.1, 0.15) is 0 Å². The molecule has 6 heteroatoms. The smallest absolute Gasteiger partial charge is 0.394 e. The number of benzene rings is 1. The van der Waals surface area contributed by atoms with Crippen LogP contribution >= 0.6 is 0 Å². The summed E-state index contributed by atoms with van der Waals surface area (Å²) in [6, 6.07) is 7.28. The van der Waals surface area contributed by atoms with Crippen LogP contribution < -0.4 is 5.32 Å². The number of carbonyl (C=O) groups is 3. The van der Waals surface area contributed by atoms with E-state index in [1.54, 1.807) is 12.1 Å². The first-order valence-electron chi connectivity index (χ1n) is 7.70.